The van der Waals surface area contributed by atoms with E-state index in [1.807, 2.05) is 0 Å². The van der Waals surface area contributed by atoms with Gasteiger partial charge in [-0.1, -0.05) is 0 Å². The molecule has 4 heteroatoms. The Morgan fingerprint density at radius 3 is 2.93 bits per heavy atom. The van der Waals surface area contributed by atoms with Crippen LogP contribution in [0.1, 0.15) is 26.2 Å². The quantitative estimate of drug-likeness (QED) is 0.729. The third kappa shape index (κ3) is 3.14. The number of rotatable bonds is 2. The average molecular weight is 214 g/mol. The van der Waals surface area contributed by atoms with Gasteiger partial charge in [-0.15, -0.1) is 0 Å². The first-order chi connectivity index (χ1) is 7.25. The third-order valence-corrected chi connectivity index (χ3v) is 3.46. The molecule has 2 aliphatic heterocycles. The van der Waals surface area contributed by atoms with Crippen LogP contribution in [0.25, 0.3) is 0 Å². The van der Waals surface area contributed by atoms with Gasteiger partial charge >= 0.3 is 0 Å². The second-order valence-electron chi connectivity index (χ2n) is 4.73. The van der Waals surface area contributed by atoms with Crippen molar-refractivity contribution in [3.05, 3.63) is 0 Å². The lowest BCUT2D eigenvalue weighted by molar-refractivity contribution is -0.147. The van der Waals surface area contributed by atoms with Crippen molar-refractivity contribution < 1.29 is 9.47 Å². The van der Waals surface area contributed by atoms with E-state index in [0.717, 1.165) is 39.0 Å². The van der Waals surface area contributed by atoms with E-state index in [2.05, 4.69) is 11.8 Å². The molecule has 0 radical (unpaired) electrons. The zero-order chi connectivity index (χ0) is 10.7. The lowest BCUT2D eigenvalue weighted by Gasteiger charge is -2.38. The minimum Gasteiger partial charge on any atom is -0.355 e. The van der Waals surface area contributed by atoms with E-state index >= 15 is 0 Å². The minimum absolute atomic E-state index is 0.357. The van der Waals surface area contributed by atoms with Crippen molar-refractivity contribution in [3.8, 4) is 0 Å². The Hall–Kier alpha value is -0.160. The molecule has 0 spiro atoms. The van der Waals surface area contributed by atoms with Crippen molar-refractivity contribution in [1.82, 2.24) is 4.90 Å². The topological polar surface area (TPSA) is 47.7 Å². The summed E-state index contributed by atoms with van der Waals surface area (Å²) in [5.41, 5.74) is 5.94. The SMILES string of the molecule is CC1CC(N)CCN1CC1CCOCO1. The van der Waals surface area contributed by atoms with Crippen LogP contribution in [0.2, 0.25) is 0 Å². The van der Waals surface area contributed by atoms with Gasteiger partial charge in [0.25, 0.3) is 0 Å². The molecule has 0 aromatic rings. The van der Waals surface area contributed by atoms with E-state index in [-0.39, 0.29) is 0 Å². The molecule has 2 rings (SSSR count). The normalized spacial score (nSPS) is 39.2. The molecule has 0 saturated carbocycles. The summed E-state index contributed by atoms with van der Waals surface area (Å²) in [5.74, 6) is 0. The van der Waals surface area contributed by atoms with Gasteiger partial charge in [0.1, 0.15) is 6.79 Å². The second kappa shape index (κ2) is 5.25. The van der Waals surface area contributed by atoms with Crippen molar-refractivity contribution in [2.45, 2.75) is 44.4 Å². The van der Waals surface area contributed by atoms with Crippen molar-refractivity contribution in [3.63, 3.8) is 0 Å². The fourth-order valence-corrected chi connectivity index (χ4v) is 2.44. The van der Waals surface area contributed by atoms with Crippen LogP contribution in [0.4, 0.5) is 0 Å². The highest BCUT2D eigenvalue weighted by atomic mass is 16.7. The summed E-state index contributed by atoms with van der Waals surface area (Å²) in [4.78, 5) is 2.50. The third-order valence-electron chi connectivity index (χ3n) is 3.46. The molecule has 88 valence electrons. The summed E-state index contributed by atoms with van der Waals surface area (Å²) in [7, 11) is 0. The molecule has 4 nitrogen and oxygen atoms in total. The monoisotopic (exact) mass is 214 g/mol. The highest BCUT2D eigenvalue weighted by Gasteiger charge is 2.26. The molecule has 15 heavy (non-hydrogen) atoms. The molecule has 2 aliphatic rings. The van der Waals surface area contributed by atoms with Gasteiger partial charge in [0, 0.05) is 18.6 Å². The van der Waals surface area contributed by atoms with Crippen LogP contribution in [-0.2, 0) is 9.47 Å². The summed E-state index contributed by atoms with van der Waals surface area (Å²) in [6.45, 7) is 5.72. The van der Waals surface area contributed by atoms with Crippen LogP contribution < -0.4 is 5.73 Å². The Morgan fingerprint density at radius 1 is 1.40 bits per heavy atom. The van der Waals surface area contributed by atoms with Crippen molar-refractivity contribution >= 4 is 0 Å². The Bertz CT molecular complexity index is 195. The summed E-state index contributed by atoms with van der Waals surface area (Å²) in [5, 5.41) is 0. The van der Waals surface area contributed by atoms with E-state index in [4.69, 9.17) is 15.2 Å². The predicted octanol–water partition coefficient (Wildman–Crippen LogP) is 0.561. The zero-order valence-corrected chi connectivity index (χ0v) is 9.52. The summed E-state index contributed by atoms with van der Waals surface area (Å²) >= 11 is 0. The Labute approximate surface area is 91.7 Å². The minimum atomic E-state index is 0.357. The Balaban J connectivity index is 1.77. The molecular formula is C11H22N2O2. The summed E-state index contributed by atoms with van der Waals surface area (Å²) in [6.07, 6.45) is 3.61. The lowest BCUT2D eigenvalue weighted by Crippen LogP contribution is -2.49. The van der Waals surface area contributed by atoms with Gasteiger partial charge in [0.2, 0.25) is 0 Å². The number of ether oxygens (including phenoxy) is 2. The summed E-state index contributed by atoms with van der Waals surface area (Å²) in [6, 6.07) is 0.993. The molecule has 2 N–H and O–H groups in total. The van der Waals surface area contributed by atoms with E-state index in [1.165, 1.54) is 0 Å². The largest absolute Gasteiger partial charge is 0.355 e. The summed E-state index contributed by atoms with van der Waals surface area (Å²) < 4.78 is 10.7. The van der Waals surface area contributed by atoms with Crippen molar-refractivity contribution in [1.29, 1.82) is 0 Å². The molecule has 0 aromatic carbocycles. The predicted molar refractivity (Wildman–Crippen MR) is 58.6 cm³/mol. The van der Waals surface area contributed by atoms with Gasteiger partial charge in [-0.2, -0.15) is 0 Å². The fraction of sp³-hybridized carbons (Fsp3) is 1.00. The van der Waals surface area contributed by atoms with Gasteiger partial charge in [0.15, 0.2) is 0 Å². The number of likely N-dealkylation sites (tertiary alicyclic amines) is 1. The van der Waals surface area contributed by atoms with E-state index < -0.39 is 0 Å². The van der Waals surface area contributed by atoms with Crippen molar-refractivity contribution in [2.24, 2.45) is 5.73 Å². The molecule has 2 heterocycles. The smallest absolute Gasteiger partial charge is 0.147 e. The maximum Gasteiger partial charge on any atom is 0.147 e. The van der Waals surface area contributed by atoms with Gasteiger partial charge < -0.3 is 15.2 Å². The van der Waals surface area contributed by atoms with Crippen LogP contribution in [0, 0.1) is 0 Å². The first-order valence-electron chi connectivity index (χ1n) is 5.94. The molecule has 0 aromatic heterocycles. The van der Waals surface area contributed by atoms with Crippen LogP contribution >= 0.6 is 0 Å². The number of hydrogen-bond acceptors (Lipinski definition) is 4. The van der Waals surface area contributed by atoms with Crippen LogP contribution in [-0.4, -0.2) is 49.6 Å². The highest BCUT2D eigenvalue weighted by molar-refractivity contribution is 4.82. The molecule has 2 saturated heterocycles. The molecule has 3 unspecified atom stereocenters. The number of nitrogens with zero attached hydrogens (tertiary/aromatic N) is 1. The van der Waals surface area contributed by atoms with Gasteiger partial charge in [-0.05, 0) is 32.7 Å². The fourth-order valence-electron chi connectivity index (χ4n) is 2.44. The van der Waals surface area contributed by atoms with Gasteiger partial charge in [-0.3, -0.25) is 4.90 Å². The lowest BCUT2D eigenvalue weighted by atomic mass is 9.98. The standard InChI is InChI=1S/C11H22N2O2/c1-9-6-10(12)2-4-13(9)7-11-3-5-14-8-15-11/h9-11H,2-8,12H2,1H3. The molecule has 0 amide bonds. The number of piperidine rings is 1. The number of hydrogen-bond donors (Lipinski definition) is 1. The molecular weight excluding hydrogens is 192 g/mol. The first kappa shape index (κ1) is 11.3. The van der Waals surface area contributed by atoms with Gasteiger partial charge in [0.05, 0.1) is 12.7 Å². The van der Waals surface area contributed by atoms with E-state index in [1.54, 1.807) is 0 Å². The average Bonchev–Trinajstić information content (AvgIpc) is 2.24. The van der Waals surface area contributed by atoms with E-state index in [0.29, 0.717) is 25.0 Å². The number of nitrogens with two attached hydrogens (primary N) is 1. The van der Waals surface area contributed by atoms with E-state index in [9.17, 15) is 0 Å². The van der Waals surface area contributed by atoms with Crippen LogP contribution in [0.15, 0.2) is 0 Å². The zero-order valence-electron chi connectivity index (χ0n) is 9.52. The molecule has 0 bridgehead atoms. The first-order valence-corrected chi connectivity index (χ1v) is 5.94. The molecule has 0 aliphatic carbocycles. The van der Waals surface area contributed by atoms with Crippen LogP contribution in [0.5, 0.6) is 0 Å². The maximum atomic E-state index is 5.94. The Morgan fingerprint density at radius 2 is 2.27 bits per heavy atom. The Kier molecular flexibility index (Phi) is 3.97. The second-order valence-corrected chi connectivity index (χ2v) is 4.73. The maximum absolute atomic E-state index is 5.94. The molecule has 3 atom stereocenters. The van der Waals surface area contributed by atoms with Crippen LogP contribution in [0.3, 0.4) is 0 Å². The molecule has 2 fully saturated rings. The van der Waals surface area contributed by atoms with Crippen molar-refractivity contribution in [2.75, 3.05) is 26.5 Å². The highest BCUT2D eigenvalue weighted by Crippen LogP contribution is 2.18. The van der Waals surface area contributed by atoms with Gasteiger partial charge in [-0.25, -0.2) is 0 Å².